The van der Waals surface area contributed by atoms with Crippen molar-refractivity contribution in [2.45, 2.75) is 50.2 Å². The number of likely N-dealkylation sites (tertiary alicyclic amines) is 1. The second kappa shape index (κ2) is 11.6. The Labute approximate surface area is 255 Å². The number of benzene rings is 2. The topological polar surface area (TPSA) is 121 Å². The summed E-state index contributed by atoms with van der Waals surface area (Å²) in [5, 5.41) is 17.8. The Hall–Kier alpha value is -4.35. The van der Waals surface area contributed by atoms with Gasteiger partial charge in [0.2, 0.25) is 11.8 Å². The number of para-hydroxylation sites is 1. The van der Waals surface area contributed by atoms with Crippen LogP contribution in [0, 0.1) is 11.8 Å². The molecule has 3 amide bonds. The maximum absolute atomic E-state index is 14.5. The van der Waals surface area contributed by atoms with Gasteiger partial charge in [0, 0.05) is 32.8 Å². The summed E-state index contributed by atoms with van der Waals surface area (Å²) < 4.78 is 8.44. The van der Waals surface area contributed by atoms with Gasteiger partial charge in [0.25, 0.3) is 5.91 Å². The van der Waals surface area contributed by atoms with E-state index in [9.17, 15) is 19.5 Å². The fourth-order valence-electron chi connectivity index (χ4n) is 7.30. The number of fused-ring (bicyclic) bond motifs is 3. The van der Waals surface area contributed by atoms with Gasteiger partial charge in [-0.1, -0.05) is 72.0 Å². The second-order valence-corrected chi connectivity index (χ2v) is 12.0. The van der Waals surface area contributed by atoms with Crippen LogP contribution in [0.15, 0.2) is 78.9 Å². The number of rotatable bonds is 9. The fourth-order valence-corrected chi connectivity index (χ4v) is 7.30. The fraction of sp³-hybridized carbons (Fsp3) is 0.424. The normalized spacial score (nSPS) is 27.9. The number of hydrogen-bond donors (Lipinski definition) is 1. The maximum Gasteiger partial charge on any atom is 0.250 e. The highest BCUT2D eigenvalue weighted by Crippen LogP contribution is 2.53. The van der Waals surface area contributed by atoms with E-state index in [1.807, 2.05) is 78.9 Å². The highest BCUT2D eigenvalue weighted by atomic mass is 16.5. The number of carbonyl (C=O) groups is 3. The molecular weight excluding hydrogens is 560 g/mol. The Kier molecular flexibility index (Phi) is 7.51. The third-order valence-electron chi connectivity index (χ3n) is 9.32. The molecule has 0 radical (unpaired) electrons. The summed E-state index contributed by atoms with van der Waals surface area (Å²) in [6.45, 7) is 1.69. The molecule has 3 aromatic rings. The number of carbonyl (C=O) groups excluding carboxylic acids is 3. The first kappa shape index (κ1) is 28.4. The summed E-state index contributed by atoms with van der Waals surface area (Å²) in [6, 6.07) is 16.4. The number of nitrogens with zero attached hydrogens (tertiary/aromatic N) is 6. The van der Waals surface area contributed by atoms with Crippen LogP contribution < -0.4 is 0 Å². The number of aliphatic hydroxyl groups is 1. The van der Waals surface area contributed by atoms with Gasteiger partial charge in [0.15, 0.2) is 0 Å². The number of amides is 3. The Morgan fingerprint density at radius 1 is 0.886 bits per heavy atom. The summed E-state index contributed by atoms with van der Waals surface area (Å²) in [5.74, 6) is -2.21. The van der Waals surface area contributed by atoms with Crippen LogP contribution in [0.1, 0.15) is 24.8 Å². The number of aliphatic hydroxyl groups excluding tert-OH is 1. The zero-order valence-corrected chi connectivity index (χ0v) is 24.4. The minimum absolute atomic E-state index is 0.0657. The summed E-state index contributed by atoms with van der Waals surface area (Å²) in [6.07, 6.45) is 8.88. The van der Waals surface area contributed by atoms with Crippen molar-refractivity contribution >= 4 is 28.8 Å². The zero-order valence-electron chi connectivity index (χ0n) is 24.4. The van der Waals surface area contributed by atoms with E-state index >= 15 is 0 Å². The van der Waals surface area contributed by atoms with E-state index in [0.29, 0.717) is 45.4 Å². The summed E-state index contributed by atoms with van der Waals surface area (Å²) in [4.78, 5) is 48.3. The van der Waals surface area contributed by atoms with Crippen LogP contribution in [0.3, 0.4) is 0 Å². The van der Waals surface area contributed by atoms with Crippen molar-refractivity contribution in [3.8, 4) is 0 Å². The molecule has 1 N–H and O–H groups in total. The average Bonchev–Trinajstić information content (AvgIpc) is 3.59. The van der Waals surface area contributed by atoms with Gasteiger partial charge >= 0.3 is 0 Å². The molecule has 2 aromatic carbocycles. The lowest BCUT2D eigenvalue weighted by molar-refractivity contribution is -0.149. The number of unbranched alkanes of at least 4 members (excludes halogenated alkanes) is 2. The highest BCUT2D eigenvalue weighted by Gasteiger charge is 2.71. The minimum Gasteiger partial charge on any atom is -0.396 e. The molecule has 11 nitrogen and oxygen atoms in total. The zero-order chi connectivity index (χ0) is 30.3. The van der Waals surface area contributed by atoms with Crippen molar-refractivity contribution in [3.63, 3.8) is 0 Å². The van der Waals surface area contributed by atoms with E-state index in [2.05, 4.69) is 10.3 Å². The monoisotopic (exact) mass is 596 g/mol. The molecular formula is C33H36N6O5. The number of ether oxygens (including phenoxy) is 1. The third kappa shape index (κ3) is 4.71. The van der Waals surface area contributed by atoms with Crippen LogP contribution in [0.4, 0.5) is 0 Å². The van der Waals surface area contributed by atoms with Gasteiger partial charge in [-0.2, -0.15) is 0 Å². The molecule has 11 heteroatoms. The maximum atomic E-state index is 14.5. The van der Waals surface area contributed by atoms with E-state index in [1.165, 1.54) is 0 Å². The molecule has 7 rings (SSSR count). The summed E-state index contributed by atoms with van der Waals surface area (Å²) in [7, 11) is 0. The van der Waals surface area contributed by atoms with Crippen LogP contribution >= 0.6 is 0 Å². The van der Waals surface area contributed by atoms with Crippen LogP contribution in [0.2, 0.25) is 0 Å². The highest BCUT2D eigenvalue weighted by molar-refractivity contribution is 5.99. The molecule has 4 aliphatic rings. The molecule has 5 atom stereocenters. The molecule has 2 fully saturated rings. The van der Waals surface area contributed by atoms with Crippen LogP contribution in [0.5, 0.6) is 0 Å². The van der Waals surface area contributed by atoms with Gasteiger partial charge in [-0.25, -0.2) is 4.68 Å². The van der Waals surface area contributed by atoms with Gasteiger partial charge in [0.1, 0.15) is 23.8 Å². The number of aromatic nitrogens is 3. The quantitative estimate of drug-likeness (QED) is 0.297. The molecule has 2 saturated heterocycles. The lowest BCUT2D eigenvalue weighted by Gasteiger charge is -2.35. The van der Waals surface area contributed by atoms with E-state index in [1.54, 1.807) is 19.4 Å². The largest absolute Gasteiger partial charge is 0.396 e. The lowest BCUT2D eigenvalue weighted by Crippen LogP contribution is -2.55. The molecule has 1 unspecified atom stereocenters. The minimum atomic E-state index is -1.28. The van der Waals surface area contributed by atoms with Crippen molar-refractivity contribution in [1.82, 2.24) is 29.7 Å². The van der Waals surface area contributed by atoms with Crippen LogP contribution in [0.25, 0.3) is 11.0 Å². The van der Waals surface area contributed by atoms with Crippen molar-refractivity contribution in [2.75, 3.05) is 26.2 Å². The lowest BCUT2D eigenvalue weighted by atomic mass is 9.77. The predicted molar refractivity (Wildman–Crippen MR) is 160 cm³/mol. The summed E-state index contributed by atoms with van der Waals surface area (Å²) in [5.41, 5.74) is 1.25. The first-order valence-electron chi connectivity index (χ1n) is 15.3. The molecule has 0 bridgehead atoms. The predicted octanol–water partition coefficient (Wildman–Crippen LogP) is 2.13. The van der Waals surface area contributed by atoms with Crippen molar-refractivity contribution < 1.29 is 24.2 Å². The first-order chi connectivity index (χ1) is 21.5. The van der Waals surface area contributed by atoms with Gasteiger partial charge in [-0.05, 0) is 37.0 Å². The molecule has 0 saturated carbocycles. The Morgan fingerprint density at radius 3 is 2.52 bits per heavy atom. The third-order valence-corrected chi connectivity index (χ3v) is 9.32. The Bertz CT molecular complexity index is 1620. The smallest absolute Gasteiger partial charge is 0.250 e. The van der Waals surface area contributed by atoms with Crippen LogP contribution in [-0.2, 0) is 32.3 Å². The molecule has 228 valence electrons. The molecule has 0 aliphatic carbocycles. The van der Waals surface area contributed by atoms with E-state index in [-0.39, 0.29) is 31.0 Å². The summed E-state index contributed by atoms with van der Waals surface area (Å²) >= 11 is 0. The standard InChI is InChI=1S/C33H36N6O5/c40-20-8-2-7-19-38-29-32(43)37(22-39-25-14-6-5-13-24(25)34-35-39)18-10-16-33(29)28(31(38)42)27-26(44-33)15-9-17-36(30(27)41)21-23-11-3-1-4-12-23/h1,3-6,9-16,26-29,40H,2,7-8,17-22H2/t26-,27+,28-,29?,33-/m0/s1. The first-order valence-corrected chi connectivity index (χ1v) is 15.3. The second-order valence-electron chi connectivity index (χ2n) is 12.0. The van der Waals surface area contributed by atoms with E-state index in [4.69, 9.17) is 4.74 Å². The molecule has 5 heterocycles. The van der Waals surface area contributed by atoms with Gasteiger partial charge in [-0.15, -0.1) is 5.10 Å². The molecule has 44 heavy (non-hydrogen) atoms. The van der Waals surface area contributed by atoms with Crippen LogP contribution in [-0.4, -0.2) is 96.5 Å². The SMILES string of the molecule is O=C1C2N(CCCCCO)C(=O)[C@@H]3[C@@H]4C(=O)N(Cc5ccccc5)CC=C[C@@H]4O[C@]23C=CCN1Cn1nnc2ccccc21. The molecule has 1 spiro atoms. The Balaban J connectivity index is 1.23. The van der Waals surface area contributed by atoms with Crippen molar-refractivity contribution in [2.24, 2.45) is 11.8 Å². The van der Waals surface area contributed by atoms with Gasteiger partial charge in [0.05, 0.1) is 23.5 Å². The number of hydrogen-bond acceptors (Lipinski definition) is 7. The van der Waals surface area contributed by atoms with E-state index < -0.39 is 29.6 Å². The molecule has 1 aromatic heterocycles. The van der Waals surface area contributed by atoms with E-state index in [0.717, 1.165) is 16.6 Å². The van der Waals surface area contributed by atoms with Crippen molar-refractivity contribution in [3.05, 3.63) is 84.5 Å². The Morgan fingerprint density at radius 2 is 1.68 bits per heavy atom. The van der Waals surface area contributed by atoms with Gasteiger partial charge < -0.3 is 24.5 Å². The molecule has 4 aliphatic heterocycles. The van der Waals surface area contributed by atoms with Crippen molar-refractivity contribution in [1.29, 1.82) is 0 Å². The average molecular weight is 597 g/mol. The van der Waals surface area contributed by atoms with Gasteiger partial charge in [-0.3, -0.25) is 14.4 Å².